The molecule has 2 aliphatic heterocycles. The summed E-state index contributed by atoms with van der Waals surface area (Å²) in [6, 6.07) is 0.953. The van der Waals surface area contributed by atoms with Gasteiger partial charge in [-0.25, -0.2) is 0 Å². The molecule has 2 heterocycles. The maximum Gasteiger partial charge on any atom is 0.224 e. The smallest absolute Gasteiger partial charge is 0.224 e. The molecule has 2 rings (SSSR count). The highest BCUT2D eigenvalue weighted by Crippen LogP contribution is 2.33. The van der Waals surface area contributed by atoms with Gasteiger partial charge in [-0.15, -0.1) is 0 Å². The van der Waals surface area contributed by atoms with Crippen molar-refractivity contribution < 1.29 is 14.6 Å². The summed E-state index contributed by atoms with van der Waals surface area (Å²) in [6.45, 7) is 1.38. The Morgan fingerprint density at radius 3 is 2.94 bits per heavy atom. The van der Waals surface area contributed by atoms with Crippen molar-refractivity contribution in [3.05, 3.63) is 0 Å². The summed E-state index contributed by atoms with van der Waals surface area (Å²) in [6.07, 6.45) is 3.33. The Morgan fingerprint density at radius 2 is 2.31 bits per heavy atom. The van der Waals surface area contributed by atoms with E-state index in [4.69, 9.17) is 9.84 Å². The number of aliphatic hydroxyl groups excluding tert-OH is 1. The summed E-state index contributed by atoms with van der Waals surface area (Å²) >= 11 is 0. The Morgan fingerprint density at radius 1 is 1.44 bits per heavy atom. The van der Waals surface area contributed by atoms with Gasteiger partial charge in [0.2, 0.25) is 5.91 Å². The summed E-state index contributed by atoms with van der Waals surface area (Å²) in [5, 5.41) is 14.8. The van der Waals surface area contributed by atoms with Crippen LogP contribution in [0.25, 0.3) is 0 Å². The third-order valence-corrected chi connectivity index (χ3v) is 3.42. The first-order chi connectivity index (χ1) is 7.81. The molecule has 2 bridgehead atoms. The maximum atomic E-state index is 11.8. The van der Waals surface area contributed by atoms with Gasteiger partial charge in [0.05, 0.1) is 25.7 Å². The lowest BCUT2D eigenvalue weighted by atomic mass is 9.88. The lowest BCUT2D eigenvalue weighted by molar-refractivity contribution is -0.125. The first-order valence-corrected chi connectivity index (χ1v) is 6.03. The minimum atomic E-state index is 0.0320. The van der Waals surface area contributed by atoms with E-state index in [1.165, 1.54) is 6.42 Å². The number of rotatable bonds is 6. The fourth-order valence-corrected chi connectivity index (χ4v) is 2.66. The summed E-state index contributed by atoms with van der Waals surface area (Å²) < 4.78 is 5.08. The fourth-order valence-electron chi connectivity index (χ4n) is 2.66. The number of fused-ring (bicyclic) bond motifs is 2. The van der Waals surface area contributed by atoms with E-state index in [0.717, 1.165) is 12.8 Å². The van der Waals surface area contributed by atoms with Gasteiger partial charge in [-0.2, -0.15) is 0 Å². The number of aliphatic hydroxyl groups is 1. The van der Waals surface area contributed by atoms with Crippen molar-refractivity contribution in [1.82, 2.24) is 10.6 Å². The Labute approximate surface area is 95.5 Å². The average molecular weight is 228 g/mol. The Kier molecular flexibility index (Phi) is 4.15. The van der Waals surface area contributed by atoms with E-state index in [1.54, 1.807) is 0 Å². The zero-order valence-electron chi connectivity index (χ0n) is 9.45. The summed E-state index contributed by atoms with van der Waals surface area (Å²) in [4.78, 5) is 11.8. The first kappa shape index (κ1) is 11.8. The Hall–Kier alpha value is -0.650. The molecular weight excluding hydrogens is 208 g/mol. The van der Waals surface area contributed by atoms with Crippen molar-refractivity contribution in [1.29, 1.82) is 0 Å². The van der Waals surface area contributed by atoms with E-state index >= 15 is 0 Å². The molecule has 0 radical (unpaired) electrons. The minimum absolute atomic E-state index is 0.0320. The van der Waals surface area contributed by atoms with Crippen molar-refractivity contribution in [3.63, 3.8) is 0 Å². The van der Waals surface area contributed by atoms with Crippen molar-refractivity contribution in [2.45, 2.75) is 31.3 Å². The Bertz CT molecular complexity index is 247. The van der Waals surface area contributed by atoms with Crippen LogP contribution < -0.4 is 10.6 Å². The highest BCUT2D eigenvalue weighted by molar-refractivity contribution is 5.80. The largest absolute Gasteiger partial charge is 0.394 e. The zero-order valence-corrected chi connectivity index (χ0v) is 9.45. The minimum Gasteiger partial charge on any atom is -0.394 e. The van der Waals surface area contributed by atoms with Crippen LogP contribution >= 0.6 is 0 Å². The number of amides is 1. The van der Waals surface area contributed by atoms with Crippen molar-refractivity contribution in [2.75, 3.05) is 26.4 Å². The van der Waals surface area contributed by atoms with Crippen LogP contribution in [0.3, 0.4) is 0 Å². The summed E-state index contributed by atoms with van der Waals surface area (Å²) in [7, 11) is 0. The van der Waals surface area contributed by atoms with E-state index in [9.17, 15) is 4.79 Å². The normalized spacial score (nSPS) is 31.9. The topological polar surface area (TPSA) is 70.6 Å². The number of ether oxygens (including phenoxy) is 1. The van der Waals surface area contributed by atoms with E-state index < -0.39 is 0 Å². The van der Waals surface area contributed by atoms with Gasteiger partial charge in [0.15, 0.2) is 0 Å². The zero-order chi connectivity index (χ0) is 11.4. The summed E-state index contributed by atoms with van der Waals surface area (Å²) in [5.74, 6) is 0.295. The van der Waals surface area contributed by atoms with Crippen LogP contribution in [0.5, 0.6) is 0 Å². The SMILES string of the molecule is O=C(NCCOCCO)C1CC2CCC1N2. The molecule has 1 amide bonds. The van der Waals surface area contributed by atoms with E-state index in [0.29, 0.717) is 31.8 Å². The molecule has 3 atom stereocenters. The van der Waals surface area contributed by atoms with E-state index in [1.807, 2.05) is 0 Å². The second-order valence-corrected chi connectivity index (χ2v) is 4.52. The lowest BCUT2D eigenvalue weighted by Gasteiger charge is -2.19. The van der Waals surface area contributed by atoms with E-state index in [2.05, 4.69) is 10.6 Å². The molecule has 2 aliphatic rings. The highest BCUT2D eigenvalue weighted by Gasteiger charge is 2.42. The van der Waals surface area contributed by atoms with Crippen LogP contribution in [0.4, 0.5) is 0 Å². The summed E-state index contributed by atoms with van der Waals surface area (Å²) in [5.41, 5.74) is 0. The molecule has 0 aromatic rings. The maximum absolute atomic E-state index is 11.8. The monoisotopic (exact) mass is 228 g/mol. The molecular formula is C11H20N2O3. The van der Waals surface area contributed by atoms with Crippen molar-refractivity contribution in [3.8, 4) is 0 Å². The van der Waals surface area contributed by atoms with Crippen LogP contribution in [-0.4, -0.2) is 49.5 Å². The number of carbonyl (C=O) groups excluding carboxylic acids is 1. The Balaban J connectivity index is 1.61. The molecule has 16 heavy (non-hydrogen) atoms. The van der Waals surface area contributed by atoms with Crippen LogP contribution in [0, 0.1) is 5.92 Å². The molecule has 3 N–H and O–H groups in total. The average Bonchev–Trinajstić information content (AvgIpc) is 2.90. The van der Waals surface area contributed by atoms with Crippen molar-refractivity contribution >= 4 is 5.91 Å². The molecule has 2 saturated heterocycles. The van der Waals surface area contributed by atoms with Crippen molar-refractivity contribution in [2.24, 2.45) is 5.92 Å². The van der Waals surface area contributed by atoms with E-state index in [-0.39, 0.29) is 18.4 Å². The molecule has 5 nitrogen and oxygen atoms in total. The predicted molar refractivity (Wildman–Crippen MR) is 59.0 cm³/mol. The molecule has 0 saturated carbocycles. The third kappa shape index (κ3) is 2.72. The van der Waals surface area contributed by atoms with Crippen LogP contribution in [0.15, 0.2) is 0 Å². The third-order valence-electron chi connectivity index (χ3n) is 3.42. The number of hydrogen-bond acceptors (Lipinski definition) is 4. The number of carbonyl (C=O) groups is 1. The standard InChI is InChI=1S/C11H20N2O3/c14-4-6-16-5-3-12-11(15)9-7-8-1-2-10(9)13-8/h8-10,13-14H,1-7H2,(H,12,15). The van der Waals surface area contributed by atoms with Gasteiger partial charge in [0.1, 0.15) is 0 Å². The molecule has 0 aromatic carbocycles. The molecule has 0 spiro atoms. The number of hydrogen-bond donors (Lipinski definition) is 3. The molecule has 5 heteroatoms. The molecule has 2 fully saturated rings. The van der Waals surface area contributed by atoms with Crippen LogP contribution in [0.2, 0.25) is 0 Å². The first-order valence-electron chi connectivity index (χ1n) is 6.03. The van der Waals surface area contributed by atoms with Gasteiger partial charge in [-0.3, -0.25) is 4.79 Å². The van der Waals surface area contributed by atoms with Gasteiger partial charge in [0.25, 0.3) is 0 Å². The van der Waals surface area contributed by atoms with Gasteiger partial charge < -0.3 is 20.5 Å². The molecule has 0 aromatic heterocycles. The second kappa shape index (κ2) is 5.61. The number of nitrogens with one attached hydrogen (secondary N) is 2. The molecule has 3 unspecified atom stereocenters. The van der Waals surface area contributed by atoms with Gasteiger partial charge in [-0.05, 0) is 19.3 Å². The lowest BCUT2D eigenvalue weighted by Crippen LogP contribution is -2.38. The quantitative estimate of drug-likeness (QED) is 0.523. The van der Waals surface area contributed by atoms with Gasteiger partial charge >= 0.3 is 0 Å². The van der Waals surface area contributed by atoms with Crippen LogP contribution in [0.1, 0.15) is 19.3 Å². The molecule has 92 valence electrons. The second-order valence-electron chi connectivity index (χ2n) is 4.52. The molecule has 0 aliphatic carbocycles. The van der Waals surface area contributed by atoms with Gasteiger partial charge in [0, 0.05) is 18.6 Å². The van der Waals surface area contributed by atoms with Gasteiger partial charge in [-0.1, -0.05) is 0 Å². The highest BCUT2D eigenvalue weighted by atomic mass is 16.5. The predicted octanol–water partition coefficient (Wildman–Crippen LogP) is -0.748. The fraction of sp³-hybridized carbons (Fsp3) is 0.909. The van der Waals surface area contributed by atoms with Crippen LogP contribution in [-0.2, 0) is 9.53 Å².